The Balaban J connectivity index is 2.69. The summed E-state index contributed by atoms with van der Waals surface area (Å²) in [4.78, 5) is 0. The van der Waals surface area contributed by atoms with Crippen LogP contribution in [-0.2, 0) is 4.74 Å². The highest BCUT2D eigenvalue weighted by Gasteiger charge is 2.17. The van der Waals surface area contributed by atoms with Crippen LogP contribution in [0, 0.1) is 5.92 Å². The molecule has 0 aliphatic rings. The summed E-state index contributed by atoms with van der Waals surface area (Å²) in [5.41, 5.74) is 1.25. The van der Waals surface area contributed by atoms with E-state index in [9.17, 15) is 0 Å². The SMILES string of the molecule is CC(C)NCC(OC(C)C(C)C)c1ccccc1. The molecule has 1 aromatic carbocycles. The van der Waals surface area contributed by atoms with Gasteiger partial charge in [-0.25, -0.2) is 0 Å². The van der Waals surface area contributed by atoms with Gasteiger partial charge in [-0.1, -0.05) is 58.0 Å². The van der Waals surface area contributed by atoms with Crippen molar-refractivity contribution in [2.75, 3.05) is 6.54 Å². The third-order valence-corrected chi connectivity index (χ3v) is 3.20. The van der Waals surface area contributed by atoms with E-state index in [-0.39, 0.29) is 12.2 Å². The van der Waals surface area contributed by atoms with Gasteiger partial charge >= 0.3 is 0 Å². The van der Waals surface area contributed by atoms with Gasteiger partial charge in [0.1, 0.15) is 0 Å². The van der Waals surface area contributed by atoms with Crippen LogP contribution in [0.3, 0.4) is 0 Å². The topological polar surface area (TPSA) is 21.3 Å². The summed E-state index contributed by atoms with van der Waals surface area (Å²) < 4.78 is 6.19. The van der Waals surface area contributed by atoms with Crippen molar-refractivity contribution >= 4 is 0 Å². The van der Waals surface area contributed by atoms with Gasteiger partial charge in [0.25, 0.3) is 0 Å². The Morgan fingerprint density at radius 2 is 1.61 bits per heavy atom. The molecule has 0 saturated carbocycles. The number of ether oxygens (including phenoxy) is 1. The van der Waals surface area contributed by atoms with Gasteiger partial charge < -0.3 is 10.1 Å². The molecule has 2 heteroatoms. The summed E-state index contributed by atoms with van der Waals surface area (Å²) in [5, 5.41) is 3.46. The van der Waals surface area contributed by atoms with Gasteiger partial charge in [0.15, 0.2) is 0 Å². The first-order valence-electron chi connectivity index (χ1n) is 6.94. The Morgan fingerprint density at radius 1 is 1.00 bits per heavy atom. The zero-order valence-corrected chi connectivity index (χ0v) is 12.3. The molecule has 0 aromatic heterocycles. The molecule has 0 spiro atoms. The molecule has 1 rings (SSSR count). The summed E-state index contributed by atoms with van der Waals surface area (Å²) in [6.45, 7) is 11.7. The summed E-state index contributed by atoms with van der Waals surface area (Å²) >= 11 is 0. The average molecular weight is 249 g/mol. The van der Waals surface area contributed by atoms with Crippen molar-refractivity contribution in [1.82, 2.24) is 5.32 Å². The van der Waals surface area contributed by atoms with E-state index in [0.29, 0.717) is 12.0 Å². The molecule has 1 aromatic rings. The summed E-state index contributed by atoms with van der Waals surface area (Å²) in [6.07, 6.45) is 0.398. The Labute approximate surface area is 112 Å². The van der Waals surface area contributed by atoms with Crippen molar-refractivity contribution < 1.29 is 4.74 Å². The predicted molar refractivity (Wildman–Crippen MR) is 77.7 cm³/mol. The van der Waals surface area contributed by atoms with E-state index in [4.69, 9.17) is 4.74 Å². The summed E-state index contributed by atoms with van der Waals surface area (Å²) in [6, 6.07) is 10.9. The molecule has 0 aliphatic heterocycles. The monoisotopic (exact) mass is 249 g/mol. The first-order chi connectivity index (χ1) is 8.50. The van der Waals surface area contributed by atoms with Gasteiger partial charge in [0.05, 0.1) is 12.2 Å². The van der Waals surface area contributed by atoms with E-state index in [2.05, 4.69) is 64.2 Å². The predicted octanol–water partition coefficient (Wildman–Crippen LogP) is 3.79. The van der Waals surface area contributed by atoms with Crippen LogP contribution in [0.15, 0.2) is 30.3 Å². The maximum atomic E-state index is 6.19. The third kappa shape index (κ3) is 5.19. The van der Waals surface area contributed by atoms with Crippen LogP contribution in [0.25, 0.3) is 0 Å². The Morgan fingerprint density at radius 3 is 2.11 bits per heavy atom. The minimum atomic E-state index is 0.131. The fourth-order valence-electron chi connectivity index (χ4n) is 1.67. The molecule has 18 heavy (non-hydrogen) atoms. The minimum Gasteiger partial charge on any atom is -0.369 e. The normalized spacial score (nSPS) is 15.1. The van der Waals surface area contributed by atoms with Crippen LogP contribution in [0.2, 0.25) is 0 Å². The number of rotatable bonds is 7. The maximum absolute atomic E-state index is 6.19. The van der Waals surface area contributed by atoms with Crippen LogP contribution in [-0.4, -0.2) is 18.7 Å². The molecule has 0 heterocycles. The van der Waals surface area contributed by atoms with Crippen molar-refractivity contribution in [3.63, 3.8) is 0 Å². The van der Waals surface area contributed by atoms with Gasteiger partial charge in [-0.05, 0) is 18.4 Å². The highest BCUT2D eigenvalue weighted by molar-refractivity contribution is 5.18. The third-order valence-electron chi connectivity index (χ3n) is 3.20. The van der Waals surface area contributed by atoms with Gasteiger partial charge in [0, 0.05) is 12.6 Å². The molecule has 2 atom stereocenters. The van der Waals surface area contributed by atoms with Crippen molar-refractivity contribution in [2.24, 2.45) is 5.92 Å². The van der Waals surface area contributed by atoms with Crippen LogP contribution in [0.1, 0.15) is 46.3 Å². The Hall–Kier alpha value is -0.860. The summed E-state index contributed by atoms with van der Waals surface area (Å²) in [7, 11) is 0. The molecule has 0 amide bonds. The van der Waals surface area contributed by atoms with Crippen LogP contribution in [0.4, 0.5) is 0 Å². The van der Waals surface area contributed by atoms with Gasteiger partial charge in [-0.15, -0.1) is 0 Å². The highest BCUT2D eigenvalue weighted by Crippen LogP contribution is 2.21. The minimum absolute atomic E-state index is 0.131. The van der Waals surface area contributed by atoms with E-state index < -0.39 is 0 Å². The first-order valence-corrected chi connectivity index (χ1v) is 6.94. The zero-order chi connectivity index (χ0) is 13.5. The summed E-state index contributed by atoms with van der Waals surface area (Å²) in [5.74, 6) is 0.537. The van der Waals surface area contributed by atoms with E-state index >= 15 is 0 Å². The number of hydrogen-bond acceptors (Lipinski definition) is 2. The van der Waals surface area contributed by atoms with E-state index in [1.807, 2.05) is 6.07 Å². The number of hydrogen-bond donors (Lipinski definition) is 1. The quantitative estimate of drug-likeness (QED) is 0.794. The Kier molecular flexibility index (Phi) is 6.37. The number of nitrogens with one attached hydrogen (secondary N) is 1. The molecule has 0 fully saturated rings. The molecule has 0 bridgehead atoms. The lowest BCUT2D eigenvalue weighted by Crippen LogP contribution is -2.31. The van der Waals surface area contributed by atoms with Crippen LogP contribution < -0.4 is 5.32 Å². The zero-order valence-electron chi connectivity index (χ0n) is 12.3. The fourth-order valence-corrected chi connectivity index (χ4v) is 1.67. The molecule has 2 nitrogen and oxygen atoms in total. The second-order valence-corrected chi connectivity index (χ2v) is 5.55. The highest BCUT2D eigenvalue weighted by atomic mass is 16.5. The van der Waals surface area contributed by atoms with Crippen LogP contribution in [0.5, 0.6) is 0 Å². The number of benzene rings is 1. The molecule has 1 N–H and O–H groups in total. The van der Waals surface area contributed by atoms with Crippen molar-refractivity contribution in [2.45, 2.75) is 52.9 Å². The van der Waals surface area contributed by atoms with Crippen molar-refractivity contribution in [3.8, 4) is 0 Å². The van der Waals surface area contributed by atoms with E-state index in [1.54, 1.807) is 0 Å². The average Bonchev–Trinajstić information content (AvgIpc) is 2.34. The second kappa shape index (κ2) is 7.55. The molecular formula is C16H27NO. The van der Waals surface area contributed by atoms with E-state index in [1.165, 1.54) is 5.56 Å². The molecule has 0 aliphatic carbocycles. The molecule has 2 unspecified atom stereocenters. The largest absolute Gasteiger partial charge is 0.369 e. The van der Waals surface area contributed by atoms with Gasteiger partial charge in [0.2, 0.25) is 0 Å². The van der Waals surface area contributed by atoms with Gasteiger partial charge in [-0.3, -0.25) is 0 Å². The lowest BCUT2D eigenvalue weighted by molar-refractivity contribution is -0.0266. The second-order valence-electron chi connectivity index (χ2n) is 5.55. The molecule has 0 radical (unpaired) electrons. The Bertz CT molecular complexity index is 321. The standard InChI is InChI=1S/C16H27NO/c1-12(2)14(5)18-16(11-17-13(3)4)15-9-7-6-8-10-15/h6-10,12-14,16-17H,11H2,1-5H3. The smallest absolute Gasteiger partial charge is 0.0953 e. The van der Waals surface area contributed by atoms with Crippen LogP contribution >= 0.6 is 0 Å². The molecular weight excluding hydrogens is 222 g/mol. The van der Waals surface area contributed by atoms with Gasteiger partial charge in [-0.2, -0.15) is 0 Å². The molecule has 0 saturated heterocycles. The van der Waals surface area contributed by atoms with Crippen molar-refractivity contribution in [1.29, 1.82) is 0 Å². The lowest BCUT2D eigenvalue weighted by atomic mass is 10.1. The first kappa shape index (κ1) is 15.2. The molecule has 102 valence electrons. The fraction of sp³-hybridized carbons (Fsp3) is 0.625. The van der Waals surface area contributed by atoms with Crippen molar-refractivity contribution in [3.05, 3.63) is 35.9 Å². The lowest BCUT2D eigenvalue weighted by Gasteiger charge is -2.26. The maximum Gasteiger partial charge on any atom is 0.0953 e. The van der Waals surface area contributed by atoms with E-state index in [0.717, 1.165) is 6.54 Å².